The summed E-state index contributed by atoms with van der Waals surface area (Å²) < 4.78 is 20.2. The van der Waals surface area contributed by atoms with Crippen molar-refractivity contribution >= 4 is 11.6 Å². The first kappa shape index (κ1) is 15.7. The molecule has 0 fully saturated rings. The molecule has 1 amide bonds. The quantitative estimate of drug-likeness (QED) is 0.782. The van der Waals surface area contributed by atoms with E-state index in [4.69, 9.17) is 4.74 Å². The number of carbonyl (C=O) groups excluding carboxylic acids is 1. The lowest BCUT2D eigenvalue weighted by molar-refractivity contribution is 0.102. The summed E-state index contributed by atoms with van der Waals surface area (Å²) in [5.74, 6) is -0.438. The molecule has 0 atom stereocenters. The van der Waals surface area contributed by atoms with Crippen molar-refractivity contribution in [3.05, 3.63) is 66.5 Å². The minimum atomic E-state index is -0.423. The second-order valence-electron chi connectivity index (χ2n) is 4.91. The highest BCUT2D eigenvalue weighted by atomic mass is 19.1. The predicted molar refractivity (Wildman–Crippen MR) is 86.9 cm³/mol. The fraction of sp³-hybridized carbons (Fsp3) is 0.118. The third kappa shape index (κ3) is 3.40. The van der Waals surface area contributed by atoms with E-state index < -0.39 is 5.82 Å². The second-order valence-corrected chi connectivity index (χ2v) is 4.91. The summed E-state index contributed by atoms with van der Waals surface area (Å²) in [5.41, 5.74) is 1.68. The van der Waals surface area contributed by atoms with Gasteiger partial charge in [0.25, 0.3) is 5.91 Å². The Morgan fingerprint density at radius 2 is 2.04 bits per heavy atom. The lowest BCUT2D eigenvalue weighted by atomic mass is 10.2. The minimum Gasteiger partial charge on any atom is -0.492 e. The Bertz CT molecular complexity index is 832. The summed E-state index contributed by atoms with van der Waals surface area (Å²) in [7, 11) is 0. The largest absolute Gasteiger partial charge is 0.492 e. The molecule has 0 aliphatic carbocycles. The van der Waals surface area contributed by atoms with Crippen molar-refractivity contribution in [3.8, 4) is 11.4 Å². The molecule has 0 unspecified atom stereocenters. The molecule has 0 aliphatic rings. The normalized spacial score (nSPS) is 10.4. The van der Waals surface area contributed by atoms with Crippen LogP contribution in [-0.4, -0.2) is 27.3 Å². The van der Waals surface area contributed by atoms with E-state index in [-0.39, 0.29) is 5.91 Å². The first-order valence-electron chi connectivity index (χ1n) is 7.36. The average molecular weight is 326 g/mol. The van der Waals surface area contributed by atoms with Gasteiger partial charge in [0.1, 0.15) is 24.2 Å². The first-order chi connectivity index (χ1) is 11.7. The average Bonchev–Trinajstić information content (AvgIpc) is 3.12. The van der Waals surface area contributed by atoms with Crippen molar-refractivity contribution in [2.45, 2.75) is 6.92 Å². The highest BCUT2D eigenvalue weighted by Crippen LogP contribution is 2.26. The fourth-order valence-corrected chi connectivity index (χ4v) is 2.18. The van der Waals surface area contributed by atoms with Crippen LogP contribution in [0.4, 0.5) is 10.1 Å². The molecule has 6 nitrogen and oxygen atoms in total. The Labute approximate surface area is 137 Å². The summed E-state index contributed by atoms with van der Waals surface area (Å²) >= 11 is 0. The van der Waals surface area contributed by atoms with E-state index in [1.807, 2.05) is 0 Å². The van der Waals surface area contributed by atoms with Gasteiger partial charge in [0.15, 0.2) is 0 Å². The third-order valence-electron chi connectivity index (χ3n) is 3.30. The van der Waals surface area contributed by atoms with Gasteiger partial charge >= 0.3 is 0 Å². The van der Waals surface area contributed by atoms with E-state index in [1.165, 1.54) is 24.5 Å². The zero-order chi connectivity index (χ0) is 16.9. The molecule has 1 N–H and O–H groups in total. The SMILES string of the molecule is CCOc1cc(F)ccc1NC(=O)c1ccc(-n2cncn2)cc1. The highest BCUT2D eigenvalue weighted by Gasteiger charge is 2.11. The van der Waals surface area contributed by atoms with Crippen LogP contribution in [0.5, 0.6) is 5.75 Å². The van der Waals surface area contributed by atoms with E-state index in [2.05, 4.69) is 15.4 Å². The van der Waals surface area contributed by atoms with Crippen molar-refractivity contribution in [3.63, 3.8) is 0 Å². The molecule has 3 aromatic rings. The summed E-state index contributed by atoms with van der Waals surface area (Å²) in [6.45, 7) is 2.16. The molecule has 0 saturated carbocycles. The van der Waals surface area contributed by atoms with Gasteiger partial charge in [0.05, 0.1) is 18.0 Å². The molecule has 0 aliphatic heterocycles. The number of hydrogen-bond donors (Lipinski definition) is 1. The molecule has 1 heterocycles. The van der Waals surface area contributed by atoms with Gasteiger partial charge in [0.2, 0.25) is 0 Å². The van der Waals surface area contributed by atoms with E-state index in [9.17, 15) is 9.18 Å². The molecule has 7 heteroatoms. The van der Waals surface area contributed by atoms with Gasteiger partial charge < -0.3 is 10.1 Å². The number of amides is 1. The smallest absolute Gasteiger partial charge is 0.255 e. The van der Waals surface area contributed by atoms with Gasteiger partial charge in [-0.1, -0.05) is 0 Å². The van der Waals surface area contributed by atoms with Crippen LogP contribution < -0.4 is 10.1 Å². The molecule has 0 bridgehead atoms. The number of benzene rings is 2. The van der Waals surface area contributed by atoms with E-state index >= 15 is 0 Å². The lowest BCUT2D eigenvalue weighted by Gasteiger charge is -2.12. The Morgan fingerprint density at radius 3 is 2.71 bits per heavy atom. The van der Waals surface area contributed by atoms with Gasteiger partial charge in [-0.2, -0.15) is 5.10 Å². The zero-order valence-electron chi connectivity index (χ0n) is 12.9. The van der Waals surface area contributed by atoms with Crippen molar-refractivity contribution in [1.29, 1.82) is 0 Å². The van der Waals surface area contributed by atoms with Crippen LogP contribution >= 0.6 is 0 Å². The van der Waals surface area contributed by atoms with E-state index in [0.717, 1.165) is 5.69 Å². The number of anilines is 1. The van der Waals surface area contributed by atoms with E-state index in [0.29, 0.717) is 23.6 Å². The molecule has 2 aromatic carbocycles. The number of halogens is 1. The van der Waals surface area contributed by atoms with Gasteiger partial charge in [-0.25, -0.2) is 14.1 Å². The van der Waals surface area contributed by atoms with Crippen molar-refractivity contribution in [2.24, 2.45) is 0 Å². The summed E-state index contributed by atoms with van der Waals surface area (Å²) in [5, 5.41) is 6.75. The molecule has 3 rings (SSSR count). The van der Waals surface area contributed by atoms with Gasteiger partial charge in [-0.05, 0) is 43.3 Å². The van der Waals surface area contributed by atoms with Crippen LogP contribution in [0.2, 0.25) is 0 Å². The number of carbonyl (C=O) groups is 1. The maximum atomic E-state index is 13.3. The van der Waals surface area contributed by atoms with Gasteiger partial charge in [0, 0.05) is 11.6 Å². The summed E-state index contributed by atoms with van der Waals surface area (Å²) in [4.78, 5) is 16.2. The molecule has 1 aromatic heterocycles. The monoisotopic (exact) mass is 326 g/mol. The van der Waals surface area contributed by atoms with Crippen molar-refractivity contribution in [1.82, 2.24) is 14.8 Å². The maximum Gasteiger partial charge on any atom is 0.255 e. The topological polar surface area (TPSA) is 69.0 Å². The van der Waals surface area contributed by atoms with Gasteiger partial charge in [-0.15, -0.1) is 0 Å². The number of rotatable bonds is 5. The van der Waals surface area contributed by atoms with E-state index in [1.54, 1.807) is 42.2 Å². The molecule has 0 radical (unpaired) electrons. The molecule has 0 spiro atoms. The standard InChI is InChI=1S/C17H15FN4O2/c1-2-24-16-9-13(18)5-8-15(16)21-17(23)12-3-6-14(7-4-12)22-11-19-10-20-22/h3-11H,2H2,1H3,(H,21,23). The molecule has 24 heavy (non-hydrogen) atoms. The van der Waals surface area contributed by atoms with Crippen molar-refractivity contribution in [2.75, 3.05) is 11.9 Å². The van der Waals surface area contributed by atoms with Crippen LogP contribution in [0.3, 0.4) is 0 Å². The van der Waals surface area contributed by atoms with Crippen LogP contribution in [0.1, 0.15) is 17.3 Å². The third-order valence-corrected chi connectivity index (χ3v) is 3.30. The minimum absolute atomic E-state index is 0.296. The maximum absolute atomic E-state index is 13.3. The number of nitrogens with one attached hydrogen (secondary N) is 1. The number of hydrogen-bond acceptors (Lipinski definition) is 4. The molecule has 122 valence electrons. The highest BCUT2D eigenvalue weighted by molar-refractivity contribution is 6.05. The molecule has 0 saturated heterocycles. The van der Waals surface area contributed by atoms with Crippen LogP contribution in [0.15, 0.2) is 55.1 Å². The number of nitrogens with zero attached hydrogens (tertiary/aromatic N) is 3. The first-order valence-corrected chi connectivity index (χ1v) is 7.36. The summed E-state index contributed by atoms with van der Waals surface area (Å²) in [6, 6.07) is 10.9. The molecular formula is C17H15FN4O2. The van der Waals surface area contributed by atoms with Crippen LogP contribution in [0.25, 0.3) is 5.69 Å². The lowest BCUT2D eigenvalue weighted by Crippen LogP contribution is -2.13. The Morgan fingerprint density at radius 1 is 1.25 bits per heavy atom. The van der Waals surface area contributed by atoms with Crippen LogP contribution in [-0.2, 0) is 0 Å². The second kappa shape index (κ2) is 6.91. The zero-order valence-corrected chi connectivity index (χ0v) is 12.9. The molecular weight excluding hydrogens is 311 g/mol. The summed E-state index contributed by atoms with van der Waals surface area (Å²) in [6.07, 6.45) is 3.01. The Balaban J connectivity index is 1.78. The Kier molecular flexibility index (Phi) is 4.51. The van der Waals surface area contributed by atoms with Crippen LogP contribution in [0, 0.1) is 5.82 Å². The Hall–Kier alpha value is -3.22. The fourth-order valence-electron chi connectivity index (χ4n) is 2.18. The number of aromatic nitrogens is 3. The predicted octanol–water partition coefficient (Wildman–Crippen LogP) is 3.06. The van der Waals surface area contributed by atoms with Gasteiger partial charge in [-0.3, -0.25) is 4.79 Å². The van der Waals surface area contributed by atoms with Crippen molar-refractivity contribution < 1.29 is 13.9 Å². The number of ether oxygens (including phenoxy) is 1.